The highest BCUT2D eigenvalue weighted by molar-refractivity contribution is 5.92. The molecule has 0 saturated carbocycles. The molecule has 0 bridgehead atoms. The van der Waals surface area contributed by atoms with Gasteiger partial charge in [0.25, 0.3) is 5.91 Å². The minimum atomic E-state index is -0.658. The molecule has 1 amide bonds. The molecule has 0 spiro atoms. The van der Waals surface area contributed by atoms with E-state index in [0.717, 1.165) is 11.1 Å². The van der Waals surface area contributed by atoms with Gasteiger partial charge >= 0.3 is 5.97 Å². The van der Waals surface area contributed by atoms with E-state index in [2.05, 4.69) is 11.4 Å². The lowest BCUT2D eigenvalue weighted by Crippen LogP contribution is -2.23. The Bertz CT molecular complexity index is 1060. The van der Waals surface area contributed by atoms with Gasteiger partial charge in [-0.1, -0.05) is 42.5 Å². The Morgan fingerprint density at radius 1 is 0.781 bits per heavy atom. The zero-order chi connectivity index (χ0) is 22.6. The number of benzene rings is 3. The van der Waals surface area contributed by atoms with Crippen molar-refractivity contribution in [2.45, 2.75) is 13.0 Å². The van der Waals surface area contributed by atoms with Crippen LogP contribution in [0.15, 0.2) is 78.9 Å². The highest BCUT2D eigenvalue weighted by Crippen LogP contribution is 2.18. The first-order chi connectivity index (χ1) is 15.6. The van der Waals surface area contributed by atoms with E-state index in [0.29, 0.717) is 30.2 Å². The number of esters is 1. The Labute approximate surface area is 186 Å². The van der Waals surface area contributed by atoms with Gasteiger partial charge in [-0.25, -0.2) is 4.79 Å². The average molecular weight is 430 g/mol. The number of amides is 1. The fraction of sp³-hybridized carbons (Fsp3) is 0.160. The van der Waals surface area contributed by atoms with Crippen LogP contribution in [0.4, 0.5) is 5.69 Å². The smallest absolute Gasteiger partial charge is 0.344 e. The molecular weight excluding hydrogens is 408 g/mol. The van der Waals surface area contributed by atoms with Gasteiger partial charge in [0.15, 0.2) is 13.2 Å². The number of hydrogen-bond donors (Lipinski definition) is 1. The maximum absolute atomic E-state index is 11.9. The van der Waals surface area contributed by atoms with Crippen molar-refractivity contribution in [1.82, 2.24) is 0 Å². The van der Waals surface area contributed by atoms with Gasteiger partial charge in [-0.15, -0.1) is 0 Å². The Morgan fingerprint density at radius 3 is 2.09 bits per heavy atom. The molecule has 3 aromatic carbocycles. The number of nitrogens with one attached hydrogen (secondary N) is 1. The topological polar surface area (TPSA) is 97.7 Å². The van der Waals surface area contributed by atoms with Crippen LogP contribution in [0.2, 0.25) is 0 Å². The number of ether oxygens (including phenoxy) is 3. The normalized spacial score (nSPS) is 9.97. The maximum Gasteiger partial charge on any atom is 0.344 e. The molecule has 0 saturated heterocycles. The van der Waals surface area contributed by atoms with Crippen LogP contribution in [0.3, 0.4) is 0 Å². The van der Waals surface area contributed by atoms with Gasteiger partial charge in [0, 0.05) is 5.69 Å². The fourth-order valence-electron chi connectivity index (χ4n) is 2.70. The summed E-state index contributed by atoms with van der Waals surface area (Å²) in [5.74, 6) is 0.0391. The third-order valence-electron chi connectivity index (χ3n) is 4.31. The summed E-state index contributed by atoms with van der Waals surface area (Å²) in [5, 5.41) is 11.3. The molecule has 162 valence electrons. The fourth-order valence-corrected chi connectivity index (χ4v) is 2.70. The summed E-state index contributed by atoms with van der Waals surface area (Å²) in [6.45, 7) is -0.284. The molecule has 0 fully saturated rings. The van der Waals surface area contributed by atoms with Gasteiger partial charge in [0.1, 0.15) is 18.1 Å². The Kier molecular flexibility index (Phi) is 8.23. The molecule has 1 N–H and O–H groups in total. The average Bonchev–Trinajstić information content (AvgIpc) is 2.83. The number of nitriles is 1. The van der Waals surface area contributed by atoms with Gasteiger partial charge in [0.2, 0.25) is 0 Å². The summed E-state index contributed by atoms with van der Waals surface area (Å²) < 4.78 is 16.0. The lowest BCUT2D eigenvalue weighted by Gasteiger charge is -2.09. The highest BCUT2D eigenvalue weighted by Gasteiger charge is 2.09. The van der Waals surface area contributed by atoms with Crippen molar-refractivity contribution in [2.75, 3.05) is 18.5 Å². The molecule has 0 aromatic heterocycles. The lowest BCUT2D eigenvalue weighted by molar-refractivity contribution is -0.149. The molecule has 0 atom stereocenters. The minimum absolute atomic E-state index is 0.301. The molecule has 7 nitrogen and oxygen atoms in total. The quantitative estimate of drug-likeness (QED) is 0.490. The van der Waals surface area contributed by atoms with Crippen molar-refractivity contribution in [1.29, 1.82) is 5.26 Å². The Balaban J connectivity index is 1.35. The third kappa shape index (κ3) is 7.50. The van der Waals surface area contributed by atoms with Gasteiger partial charge in [-0.05, 0) is 47.5 Å². The number of hydrogen-bond acceptors (Lipinski definition) is 6. The van der Waals surface area contributed by atoms with E-state index in [4.69, 9.17) is 19.5 Å². The van der Waals surface area contributed by atoms with Gasteiger partial charge in [0.05, 0.1) is 12.5 Å². The zero-order valence-electron chi connectivity index (χ0n) is 17.3. The summed E-state index contributed by atoms with van der Waals surface area (Å²) in [4.78, 5) is 23.7. The number of anilines is 1. The Hall–Kier alpha value is -4.31. The van der Waals surface area contributed by atoms with Crippen LogP contribution in [0.1, 0.15) is 11.1 Å². The molecule has 3 rings (SSSR count). The van der Waals surface area contributed by atoms with Crippen LogP contribution in [0.5, 0.6) is 11.5 Å². The van der Waals surface area contributed by atoms with Crippen molar-refractivity contribution in [3.05, 3.63) is 90.0 Å². The van der Waals surface area contributed by atoms with Crippen molar-refractivity contribution in [2.24, 2.45) is 0 Å². The van der Waals surface area contributed by atoms with E-state index in [1.165, 1.54) is 0 Å². The second kappa shape index (κ2) is 11.8. The molecule has 3 aromatic rings. The van der Waals surface area contributed by atoms with Gasteiger partial charge in [-0.3, -0.25) is 4.79 Å². The van der Waals surface area contributed by atoms with Crippen molar-refractivity contribution in [3.63, 3.8) is 0 Å². The molecule has 0 heterocycles. The molecular formula is C25H22N2O5. The summed E-state index contributed by atoms with van der Waals surface area (Å²) >= 11 is 0. The predicted octanol–water partition coefficient (Wildman–Crippen LogP) is 3.89. The monoisotopic (exact) mass is 430 g/mol. The largest absolute Gasteiger partial charge is 0.489 e. The lowest BCUT2D eigenvalue weighted by atomic mass is 10.1. The van der Waals surface area contributed by atoms with Crippen molar-refractivity contribution >= 4 is 17.6 Å². The Morgan fingerprint density at radius 2 is 1.44 bits per heavy atom. The van der Waals surface area contributed by atoms with Crippen molar-refractivity contribution < 1.29 is 23.8 Å². The van der Waals surface area contributed by atoms with Crippen LogP contribution in [0.25, 0.3) is 0 Å². The van der Waals surface area contributed by atoms with Crippen LogP contribution in [-0.2, 0) is 27.4 Å². The number of nitrogens with zero attached hydrogens (tertiary/aromatic N) is 1. The maximum atomic E-state index is 11.9. The third-order valence-corrected chi connectivity index (χ3v) is 4.31. The predicted molar refractivity (Wildman–Crippen MR) is 118 cm³/mol. The molecule has 0 aliphatic heterocycles. The first-order valence-corrected chi connectivity index (χ1v) is 9.93. The van der Waals surface area contributed by atoms with E-state index in [1.807, 2.05) is 30.3 Å². The van der Waals surface area contributed by atoms with Crippen LogP contribution >= 0.6 is 0 Å². The van der Waals surface area contributed by atoms with E-state index < -0.39 is 18.5 Å². The van der Waals surface area contributed by atoms with Crippen LogP contribution < -0.4 is 14.8 Å². The van der Waals surface area contributed by atoms with E-state index in [9.17, 15) is 9.59 Å². The SMILES string of the molecule is N#CCc1ccc(NC(=O)COC(=O)COc2ccc(OCc3ccccc3)cc2)cc1. The highest BCUT2D eigenvalue weighted by atomic mass is 16.6. The number of carbonyl (C=O) groups excluding carboxylic acids is 2. The van der Waals surface area contributed by atoms with Crippen LogP contribution in [0, 0.1) is 11.3 Å². The van der Waals surface area contributed by atoms with Gasteiger partial charge < -0.3 is 19.5 Å². The summed E-state index contributed by atoms with van der Waals surface area (Å²) in [7, 11) is 0. The molecule has 32 heavy (non-hydrogen) atoms. The number of carbonyl (C=O) groups is 2. The summed E-state index contributed by atoms with van der Waals surface area (Å²) in [5.41, 5.74) is 2.47. The molecule has 0 aliphatic carbocycles. The van der Waals surface area contributed by atoms with E-state index in [-0.39, 0.29) is 6.61 Å². The molecule has 7 heteroatoms. The van der Waals surface area contributed by atoms with Crippen molar-refractivity contribution in [3.8, 4) is 17.6 Å². The first-order valence-electron chi connectivity index (χ1n) is 9.93. The van der Waals surface area contributed by atoms with E-state index >= 15 is 0 Å². The molecule has 0 radical (unpaired) electrons. The summed E-state index contributed by atoms with van der Waals surface area (Å²) in [6.07, 6.45) is 0.301. The second-order valence-corrected chi connectivity index (χ2v) is 6.78. The molecule has 0 unspecified atom stereocenters. The second-order valence-electron chi connectivity index (χ2n) is 6.78. The van der Waals surface area contributed by atoms with E-state index in [1.54, 1.807) is 48.5 Å². The van der Waals surface area contributed by atoms with Crippen LogP contribution in [-0.4, -0.2) is 25.1 Å². The summed E-state index contributed by atoms with van der Waals surface area (Å²) in [6, 6.07) is 25.6. The number of rotatable bonds is 10. The minimum Gasteiger partial charge on any atom is -0.489 e. The van der Waals surface area contributed by atoms with Gasteiger partial charge in [-0.2, -0.15) is 5.26 Å². The standard InChI is InChI=1S/C25H22N2O5/c26-15-14-19-6-8-21(9-7-19)27-24(28)17-32-25(29)18-31-23-12-10-22(11-13-23)30-16-20-4-2-1-3-5-20/h1-13H,14,16-18H2,(H,27,28). The molecule has 0 aliphatic rings. The first kappa shape index (κ1) is 22.4. The zero-order valence-corrected chi connectivity index (χ0v) is 17.3.